The van der Waals surface area contributed by atoms with Gasteiger partial charge in [0.1, 0.15) is 12.2 Å². The fourth-order valence-electron chi connectivity index (χ4n) is 4.41. The summed E-state index contributed by atoms with van der Waals surface area (Å²) in [6.07, 6.45) is 2.50. The van der Waals surface area contributed by atoms with E-state index in [1.807, 2.05) is 23.5 Å². The lowest BCUT2D eigenvalue weighted by atomic mass is 9.84. The molecule has 0 N–H and O–H groups in total. The topological polar surface area (TPSA) is 39.9 Å². The molecule has 0 saturated carbocycles. The van der Waals surface area contributed by atoms with Gasteiger partial charge in [-0.2, -0.15) is 5.10 Å². The Morgan fingerprint density at radius 3 is 1.65 bits per heavy atom. The van der Waals surface area contributed by atoms with Crippen molar-refractivity contribution in [3.8, 4) is 0 Å². The van der Waals surface area contributed by atoms with E-state index in [9.17, 15) is 0 Å². The van der Waals surface area contributed by atoms with E-state index in [2.05, 4.69) is 130 Å². The Bertz CT molecular complexity index is 1160. The summed E-state index contributed by atoms with van der Waals surface area (Å²) < 4.78 is 8.14. The summed E-state index contributed by atoms with van der Waals surface area (Å²) in [6, 6.07) is 32.5. The molecule has 0 aliphatic heterocycles. The molecular weight excluding hydrogens is 491 g/mol. The third kappa shape index (κ3) is 5.92. The van der Waals surface area contributed by atoms with Crippen LogP contribution in [0.1, 0.15) is 55.0 Å². The van der Waals surface area contributed by atoms with Crippen LogP contribution in [0.25, 0.3) is 0 Å². The molecule has 0 fully saturated rings. The Labute approximate surface area is 227 Å². The molecule has 0 amide bonds. The quantitative estimate of drug-likeness (QED) is 0.154. The van der Waals surface area contributed by atoms with Gasteiger partial charge >= 0.3 is 0 Å². The van der Waals surface area contributed by atoms with Crippen molar-refractivity contribution < 1.29 is 4.43 Å². The van der Waals surface area contributed by atoms with E-state index in [1.54, 1.807) is 6.33 Å². The van der Waals surface area contributed by atoms with Crippen LogP contribution < -0.4 is 0 Å². The second-order valence-electron chi connectivity index (χ2n) is 11.0. The Morgan fingerprint density at radius 2 is 1.27 bits per heavy atom. The zero-order valence-electron chi connectivity index (χ0n) is 22.9. The van der Waals surface area contributed by atoms with Crippen LogP contribution in [0.5, 0.6) is 0 Å². The van der Waals surface area contributed by atoms with Gasteiger partial charge in [0, 0.05) is 13.7 Å². The van der Waals surface area contributed by atoms with E-state index in [0.29, 0.717) is 6.61 Å². The third-order valence-electron chi connectivity index (χ3n) is 7.54. The summed E-state index contributed by atoms with van der Waals surface area (Å²) in [4.78, 5) is 4.73. The second-order valence-corrected chi connectivity index (χ2v) is 17.3. The lowest BCUT2D eigenvalue weighted by Crippen LogP contribution is -2.41. The zero-order chi connectivity index (χ0) is 26.5. The van der Waals surface area contributed by atoms with Gasteiger partial charge in [-0.3, -0.25) is 4.68 Å². The Hall–Kier alpha value is -2.67. The standard InChI is InChI=1S/C31H39N3OSSi/c1-30(2,3)37(5,6)35-23-22-28(29-32-24-33-34(29)4)36-31(25-16-10-7-11-17-25,26-18-12-8-13-19-26)27-20-14-9-15-21-27/h7-21,24,28H,22-23H2,1-6H3. The molecule has 3 aromatic carbocycles. The van der Waals surface area contributed by atoms with E-state index in [-0.39, 0.29) is 10.3 Å². The number of hydrogen-bond acceptors (Lipinski definition) is 4. The Morgan fingerprint density at radius 1 is 0.811 bits per heavy atom. The van der Waals surface area contributed by atoms with Crippen molar-refractivity contribution in [3.05, 3.63) is 120 Å². The van der Waals surface area contributed by atoms with Gasteiger partial charge in [0.25, 0.3) is 0 Å². The van der Waals surface area contributed by atoms with Crippen LogP contribution in [0.15, 0.2) is 97.3 Å². The average Bonchev–Trinajstić information content (AvgIpc) is 3.33. The highest BCUT2D eigenvalue weighted by molar-refractivity contribution is 8.00. The maximum atomic E-state index is 6.66. The van der Waals surface area contributed by atoms with Crippen molar-refractivity contribution >= 4 is 20.1 Å². The molecule has 1 atom stereocenters. The van der Waals surface area contributed by atoms with Crippen molar-refractivity contribution in [2.45, 2.75) is 55.3 Å². The van der Waals surface area contributed by atoms with Gasteiger partial charge in [-0.05, 0) is 41.2 Å². The van der Waals surface area contributed by atoms with Crippen molar-refractivity contribution in [2.75, 3.05) is 6.61 Å². The summed E-state index contributed by atoms with van der Waals surface area (Å²) >= 11 is 1.94. The lowest BCUT2D eigenvalue weighted by molar-refractivity contribution is 0.280. The van der Waals surface area contributed by atoms with Gasteiger partial charge in [-0.25, -0.2) is 4.98 Å². The normalized spacial score (nSPS) is 13.5. The molecule has 6 heteroatoms. The van der Waals surface area contributed by atoms with Crippen molar-refractivity contribution in [2.24, 2.45) is 7.05 Å². The van der Waals surface area contributed by atoms with E-state index in [1.165, 1.54) is 16.7 Å². The fourth-order valence-corrected chi connectivity index (χ4v) is 7.25. The number of rotatable bonds is 10. The molecule has 4 rings (SSSR count). The largest absolute Gasteiger partial charge is 0.417 e. The minimum atomic E-state index is -1.87. The first-order valence-corrected chi connectivity index (χ1v) is 16.8. The van der Waals surface area contributed by atoms with Crippen LogP contribution >= 0.6 is 11.8 Å². The number of hydrogen-bond donors (Lipinski definition) is 0. The van der Waals surface area contributed by atoms with Gasteiger partial charge in [-0.15, -0.1) is 11.8 Å². The number of aryl methyl sites for hydroxylation is 1. The van der Waals surface area contributed by atoms with Crippen LogP contribution in [0, 0.1) is 0 Å². The molecule has 1 heterocycles. The van der Waals surface area contributed by atoms with Gasteiger partial charge in [0.2, 0.25) is 0 Å². The zero-order valence-corrected chi connectivity index (χ0v) is 24.7. The minimum Gasteiger partial charge on any atom is -0.417 e. The predicted molar refractivity (Wildman–Crippen MR) is 158 cm³/mol. The molecule has 0 spiro atoms. The molecule has 1 aromatic heterocycles. The molecule has 0 aliphatic rings. The molecule has 0 aliphatic carbocycles. The van der Waals surface area contributed by atoms with Crippen molar-refractivity contribution in [3.63, 3.8) is 0 Å². The summed E-state index contributed by atoms with van der Waals surface area (Å²) in [5, 5.41) is 4.68. The van der Waals surface area contributed by atoms with Crippen LogP contribution in [-0.4, -0.2) is 29.7 Å². The highest BCUT2D eigenvalue weighted by Crippen LogP contribution is 2.54. The fraction of sp³-hybridized carbons (Fsp3) is 0.355. The number of benzene rings is 3. The van der Waals surface area contributed by atoms with Crippen LogP contribution in [-0.2, 0) is 16.2 Å². The molecule has 37 heavy (non-hydrogen) atoms. The molecule has 1 unspecified atom stereocenters. The SMILES string of the molecule is Cn1ncnc1C(CCO[Si](C)(C)C(C)(C)C)SC(c1ccccc1)(c1ccccc1)c1ccccc1. The minimum absolute atomic E-state index is 0.0675. The van der Waals surface area contributed by atoms with E-state index < -0.39 is 13.1 Å². The summed E-state index contributed by atoms with van der Waals surface area (Å²) in [5.41, 5.74) is 3.74. The lowest BCUT2D eigenvalue weighted by Gasteiger charge is -2.39. The van der Waals surface area contributed by atoms with Crippen LogP contribution in [0.4, 0.5) is 0 Å². The first-order valence-electron chi connectivity index (χ1n) is 13.0. The molecule has 4 aromatic rings. The smallest absolute Gasteiger partial charge is 0.191 e. The predicted octanol–water partition coefficient (Wildman–Crippen LogP) is 7.99. The molecular formula is C31H39N3OSSi. The monoisotopic (exact) mass is 529 g/mol. The Kier molecular flexibility index (Phi) is 8.41. The average molecular weight is 530 g/mol. The van der Waals surface area contributed by atoms with Crippen molar-refractivity contribution in [1.82, 2.24) is 14.8 Å². The molecule has 4 nitrogen and oxygen atoms in total. The number of thioether (sulfide) groups is 1. The third-order valence-corrected chi connectivity index (χ3v) is 13.9. The van der Waals surface area contributed by atoms with E-state index >= 15 is 0 Å². The van der Waals surface area contributed by atoms with Gasteiger partial charge in [0.05, 0.1) is 10.00 Å². The highest BCUT2D eigenvalue weighted by Gasteiger charge is 2.41. The second kappa shape index (κ2) is 11.4. The molecule has 0 radical (unpaired) electrons. The maximum absolute atomic E-state index is 6.66. The maximum Gasteiger partial charge on any atom is 0.191 e. The van der Waals surface area contributed by atoms with E-state index in [0.717, 1.165) is 12.2 Å². The summed E-state index contributed by atoms with van der Waals surface area (Å²) in [6.45, 7) is 12.2. The summed E-state index contributed by atoms with van der Waals surface area (Å²) in [7, 11) is 0.113. The molecule has 194 valence electrons. The summed E-state index contributed by atoms with van der Waals surface area (Å²) in [5.74, 6) is 0.969. The first-order chi connectivity index (χ1) is 17.6. The highest BCUT2D eigenvalue weighted by atomic mass is 32.2. The number of aromatic nitrogens is 3. The Balaban J connectivity index is 1.82. The van der Waals surface area contributed by atoms with Gasteiger partial charge in [0.15, 0.2) is 8.32 Å². The van der Waals surface area contributed by atoms with E-state index in [4.69, 9.17) is 9.41 Å². The van der Waals surface area contributed by atoms with Crippen molar-refractivity contribution in [1.29, 1.82) is 0 Å². The van der Waals surface area contributed by atoms with Crippen LogP contribution in [0.3, 0.4) is 0 Å². The van der Waals surface area contributed by atoms with Gasteiger partial charge < -0.3 is 4.43 Å². The van der Waals surface area contributed by atoms with Gasteiger partial charge in [-0.1, -0.05) is 112 Å². The van der Waals surface area contributed by atoms with Crippen LogP contribution in [0.2, 0.25) is 18.1 Å². The number of nitrogens with zero attached hydrogens (tertiary/aromatic N) is 3. The molecule has 0 bridgehead atoms. The molecule has 0 saturated heterocycles. The first kappa shape index (κ1) is 27.4.